The predicted molar refractivity (Wildman–Crippen MR) is 66.5 cm³/mol. The zero-order valence-corrected chi connectivity index (χ0v) is 11.0. The van der Waals surface area contributed by atoms with E-state index in [-0.39, 0.29) is 11.4 Å². The smallest absolute Gasteiger partial charge is 0.395 e. The van der Waals surface area contributed by atoms with Gasteiger partial charge in [0.2, 0.25) is 0 Å². The van der Waals surface area contributed by atoms with Gasteiger partial charge in [0.25, 0.3) is 0 Å². The van der Waals surface area contributed by atoms with E-state index >= 15 is 0 Å². The molecule has 1 N–H and O–H groups in total. The SMILES string of the molecule is O=C(O)Cc1ccc(-c2csc(CC(F)(F)F)n2)s1. The number of alkyl halides is 3. The van der Waals surface area contributed by atoms with Crippen LogP contribution >= 0.6 is 22.7 Å². The van der Waals surface area contributed by atoms with Gasteiger partial charge in [-0.15, -0.1) is 22.7 Å². The van der Waals surface area contributed by atoms with E-state index in [9.17, 15) is 18.0 Å². The first-order valence-corrected chi connectivity index (χ1v) is 6.85. The van der Waals surface area contributed by atoms with Crippen molar-refractivity contribution in [3.63, 3.8) is 0 Å². The number of carbonyl (C=O) groups is 1. The lowest BCUT2D eigenvalue weighted by Gasteiger charge is -2.01. The number of carboxylic acids is 1. The second kappa shape index (κ2) is 5.30. The zero-order chi connectivity index (χ0) is 14.0. The first-order valence-electron chi connectivity index (χ1n) is 5.15. The number of hydrogen-bond donors (Lipinski definition) is 1. The third-order valence-electron chi connectivity index (χ3n) is 2.14. The quantitative estimate of drug-likeness (QED) is 0.939. The number of aliphatic carboxylic acids is 1. The van der Waals surface area contributed by atoms with Crippen LogP contribution in [-0.4, -0.2) is 22.2 Å². The summed E-state index contributed by atoms with van der Waals surface area (Å²) in [5, 5.41) is 10.2. The topological polar surface area (TPSA) is 50.2 Å². The van der Waals surface area contributed by atoms with Crippen LogP contribution in [0.15, 0.2) is 17.5 Å². The van der Waals surface area contributed by atoms with Gasteiger partial charge in [-0.3, -0.25) is 4.79 Å². The Balaban J connectivity index is 2.14. The molecule has 0 fully saturated rings. The van der Waals surface area contributed by atoms with Crippen LogP contribution in [0.4, 0.5) is 13.2 Å². The molecule has 0 aliphatic carbocycles. The molecule has 0 atom stereocenters. The van der Waals surface area contributed by atoms with Crippen molar-refractivity contribution in [1.82, 2.24) is 4.98 Å². The van der Waals surface area contributed by atoms with Crippen molar-refractivity contribution in [1.29, 1.82) is 0 Å². The first kappa shape index (κ1) is 14.0. The Bertz CT molecular complexity index is 589. The van der Waals surface area contributed by atoms with Crippen LogP contribution in [0.3, 0.4) is 0 Å². The van der Waals surface area contributed by atoms with Gasteiger partial charge < -0.3 is 5.11 Å². The van der Waals surface area contributed by atoms with Gasteiger partial charge in [0.05, 0.1) is 23.4 Å². The van der Waals surface area contributed by atoms with Gasteiger partial charge in [0.1, 0.15) is 5.01 Å². The maximum Gasteiger partial charge on any atom is 0.395 e. The normalized spacial score (nSPS) is 11.7. The minimum absolute atomic E-state index is 0.00989. The molecule has 0 spiro atoms. The number of thiazole rings is 1. The van der Waals surface area contributed by atoms with E-state index in [0.29, 0.717) is 15.4 Å². The van der Waals surface area contributed by atoms with Crippen LogP contribution in [0.5, 0.6) is 0 Å². The lowest BCUT2D eigenvalue weighted by atomic mass is 10.3. The molecular formula is C11H8F3NO2S2. The molecule has 3 nitrogen and oxygen atoms in total. The van der Waals surface area contributed by atoms with Crippen molar-refractivity contribution in [3.05, 3.63) is 27.4 Å². The third-order valence-corrected chi connectivity index (χ3v) is 4.10. The van der Waals surface area contributed by atoms with Crippen LogP contribution in [0, 0.1) is 0 Å². The standard InChI is InChI=1S/C11H8F3NO2S2/c12-11(13,14)4-9-15-7(5-18-9)8-2-1-6(19-8)3-10(16)17/h1-2,5H,3-4H2,(H,16,17). The second-order valence-corrected chi connectivity index (χ2v) is 5.87. The van der Waals surface area contributed by atoms with Gasteiger partial charge in [0, 0.05) is 10.3 Å². The molecule has 19 heavy (non-hydrogen) atoms. The molecule has 102 valence electrons. The fourth-order valence-corrected chi connectivity index (χ4v) is 3.30. The Hall–Kier alpha value is -1.41. The average Bonchev–Trinajstić information content (AvgIpc) is 2.83. The van der Waals surface area contributed by atoms with Crippen molar-refractivity contribution in [2.75, 3.05) is 0 Å². The summed E-state index contributed by atoms with van der Waals surface area (Å²) >= 11 is 2.18. The van der Waals surface area contributed by atoms with Crippen LogP contribution in [-0.2, 0) is 17.6 Å². The van der Waals surface area contributed by atoms with E-state index in [4.69, 9.17) is 5.11 Å². The van der Waals surface area contributed by atoms with Crippen molar-refractivity contribution in [2.24, 2.45) is 0 Å². The van der Waals surface area contributed by atoms with Crippen molar-refractivity contribution in [2.45, 2.75) is 19.0 Å². The fraction of sp³-hybridized carbons (Fsp3) is 0.273. The largest absolute Gasteiger partial charge is 0.481 e. The number of halogens is 3. The first-order chi connectivity index (χ1) is 8.83. The lowest BCUT2D eigenvalue weighted by molar-refractivity contribution is -0.136. The summed E-state index contributed by atoms with van der Waals surface area (Å²) in [7, 11) is 0. The van der Waals surface area contributed by atoms with E-state index in [2.05, 4.69) is 4.98 Å². The van der Waals surface area contributed by atoms with Crippen molar-refractivity contribution >= 4 is 28.6 Å². The molecule has 0 saturated carbocycles. The molecule has 0 aliphatic heterocycles. The second-order valence-electron chi connectivity index (χ2n) is 3.75. The molecule has 2 rings (SSSR count). The van der Waals surface area contributed by atoms with Crippen LogP contribution in [0.1, 0.15) is 9.88 Å². The van der Waals surface area contributed by atoms with Gasteiger partial charge in [-0.1, -0.05) is 0 Å². The fourth-order valence-electron chi connectivity index (χ4n) is 1.44. The minimum atomic E-state index is -4.26. The summed E-state index contributed by atoms with van der Waals surface area (Å²) < 4.78 is 36.6. The Morgan fingerprint density at radius 3 is 2.74 bits per heavy atom. The Kier molecular flexibility index (Phi) is 3.91. The highest BCUT2D eigenvalue weighted by molar-refractivity contribution is 7.16. The number of carboxylic acid groups (broad SMARTS) is 1. The molecule has 0 radical (unpaired) electrons. The maximum absolute atomic E-state index is 12.2. The molecule has 2 heterocycles. The van der Waals surface area contributed by atoms with E-state index in [1.165, 1.54) is 11.3 Å². The molecule has 0 saturated heterocycles. The molecule has 8 heteroatoms. The summed E-state index contributed by atoms with van der Waals surface area (Å²) in [5.74, 6) is -0.940. The molecule has 2 aromatic heterocycles. The highest BCUT2D eigenvalue weighted by atomic mass is 32.1. The van der Waals surface area contributed by atoms with Gasteiger partial charge in [-0.05, 0) is 12.1 Å². The molecule has 0 bridgehead atoms. The number of aromatic nitrogens is 1. The number of nitrogens with zero attached hydrogens (tertiary/aromatic N) is 1. The zero-order valence-electron chi connectivity index (χ0n) is 9.40. The summed E-state index contributed by atoms with van der Waals surface area (Å²) in [6.07, 6.45) is -5.39. The lowest BCUT2D eigenvalue weighted by Crippen LogP contribution is -2.11. The van der Waals surface area contributed by atoms with Gasteiger partial charge in [0.15, 0.2) is 0 Å². The molecule has 2 aromatic rings. The van der Waals surface area contributed by atoms with E-state index in [1.54, 1.807) is 17.5 Å². The Morgan fingerprint density at radius 1 is 1.37 bits per heavy atom. The van der Waals surface area contributed by atoms with E-state index < -0.39 is 18.6 Å². The average molecular weight is 307 g/mol. The molecule has 0 aliphatic rings. The summed E-state index contributed by atoms with van der Waals surface area (Å²) in [5.41, 5.74) is 0.464. The predicted octanol–water partition coefficient (Wildman–Crippen LogP) is 3.60. The van der Waals surface area contributed by atoms with Gasteiger partial charge in [-0.25, -0.2) is 4.98 Å². The molecule has 0 aromatic carbocycles. The van der Waals surface area contributed by atoms with Crippen molar-refractivity contribution in [3.8, 4) is 10.6 Å². The molecular weight excluding hydrogens is 299 g/mol. The highest BCUT2D eigenvalue weighted by Gasteiger charge is 2.29. The van der Waals surface area contributed by atoms with Gasteiger partial charge >= 0.3 is 12.1 Å². The summed E-state index contributed by atoms with van der Waals surface area (Å²) in [6.45, 7) is 0. The Morgan fingerprint density at radius 2 is 2.11 bits per heavy atom. The number of hydrogen-bond acceptors (Lipinski definition) is 4. The van der Waals surface area contributed by atoms with Gasteiger partial charge in [-0.2, -0.15) is 13.2 Å². The maximum atomic E-state index is 12.2. The molecule has 0 amide bonds. The van der Waals surface area contributed by atoms with Crippen LogP contribution in [0.25, 0.3) is 10.6 Å². The highest BCUT2D eigenvalue weighted by Crippen LogP contribution is 2.31. The number of thiophene rings is 1. The molecule has 0 unspecified atom stereocenters. The third kappa shape index (κ3) is 4.03. The number of rotatable bonds is 4. The monoisotopic (exact) mass is 307 g/mol. The minimum Gasteiger partial charge on any atom is -0.481 e. The van der Waals surface area contributed by atoms with Crippen LogP contribution < -0.4 is 0 Å². The summed E-state index contributed by atoms with van der Waals surface area (Å²) in [6, 6.07) is 3.33. The van der Waals surface area contributed by atoms with Crippen molar-refractivity contribution < 1.29 is 23.1 Å². The van der Waals surface area contributed by atoms with E-state index in [0.717, 1.165) is 11.3 Å². The Labute approximate surface area is 114 Å². The summed E-state index contributed by atoms with van der Waals surface area (Å²) in [4.78, 5) is 15.8. The van der Waals surface area contributed by atoms with Crippen LogP contribution in [0.2, 0.25) is 0 Å². The van der Waals surface area contributed by atoms with E-state index in [1.807, 2.05) is 0 Å².